The molecule has 0 N–H and O–H groups in total. The Morgan fingerprint density at radius 2 is 1.93 bits per heavy atom. The SMILES string of the molecule is C=CC(CCCCC)C1CCCCC1. The molecule has 0 radical (unpaired) electrons. The normalized spacial score (nSPS) is 20.6. The minimum absolute atomic E-state index is 0.821. The second-order valence-corrected chi connectivity index (χ2v) is 4.79. The van der Waals surface area contributed by atoms with Crippen LogP contribution in [0.5, 0.6) is 0 Å². The summed E-state index contributed by atoms with van der Waals surface area (Å²) in [5.41, 5.74) is 0. The number of allylic oxidation sites excluding steroid dienone is 1. The second kappa shape index (κ2) is 7.09. The Morgan fingerprint density at radius 3 is 2.50 bits per heavy atom. The van der Waals surface area contributed by atoms with Gasteiger partial charge in [-0.1, -0.05) is 51.5 Å². The van der Waals surface area contributed by atoms with Crippen LogP contribution in [0.1, 0.15) is 64.7 Å². The molecule has 0 aromatic heterocycles. The Hall–Kier alpha value is -0.260. The zero-order valence-corrected chi connectivity index (χ0v) is 9.80. The van der Waals surface area contributed by atoms with Crippen molar-refractivity contribution in [3.8, 4) is 0 Å². The molecule has 1 unspecified atom stereocenters. The zero-order valence-electron chi connectivity index (χ0n) is 9.80. The third-order valence-corrected chi connectivity index (χ3v) is 3.70. The van der Waals surface area contributed by atoms with Gasteiger partial charge in [-0.25, -0.2) is 0 Å². The van der Waals surface area contributed by atoms with Crippen LogP contribution in [0.3, 0.4) is 0 Å². The predicted molar refractivity (Wildman–Crippen MR) is 64.4 cm³/mol. The smallest absolute Gasteiger partial charge is 0.0208 e. The lowest BCUT2D eigenvalue weighted by Gasteiger charge is -2.28. The van der Waals surface area contributed by atoms with E-state index in [1.807, 2.05) is 0 Å². The monoisotopic (exact) mass is 194 g/mol. The topological polar surface area (TPSA) is 0 Å². The average Bonchev–Trinajstić information content (AvgIpc) is 2.26. The highest BCUT2D eigenvalue weighted by atomic mass is 14.3. The first kappa shape index (κ1) is 11.8. The van der Waals surface area contributed by atoms with Crippen LogP contribution in [-0.4, -0.2) is 0 Å². The number of hydrogen-bond donors (Lipinski definition) is 0. The Morgan fingerprint density at radius 1 is 1.21 bits per heavy atom. The van der Waals surface area contributed by atoms with Crippen LogP contribution < -0.4 is 0 Å². The van der Waals surface area contributed by atoms with Gasteiger partial charge in [0.15, 0.2) is 0 Å². The fourth-order valence-electron chi connectivity index (χ4n) is 2.74. The van der Waals surface area contributed by atoms with Crippen molar-refractivity contribution in [2.24, 2.45) is 11.8 Å². The highest BCUT2D eigenvalue weighted by Crippen LogP contribution is 2.33. The highest BCUT2D eigenvalue weighted by molar-refractivity contribution is 4.86. The molecule has 0 saturated heterocycles. The van der Waals surface area contributed by atoms with Crippen LogP contribution in [-0.2, 0) is 0 Å². The van der Waals surface area contributed by atoms with E-state index in [2.05, 4.69) is 19.6 Å². The molecule has 0 nitrogen and oxygen atoms in total. The predicted octanol–water partition coefficient (Wildman–Crippen LogP) is 4.95. The molecule has 82 valence electrons. The summed E-state index contributed by atoms with van der Waals surface area (Å²) in [5, 5.41) is 0. The maximum Gasteiger partial charge on any atom is -0.0208 e. The van der Waals surface area contributed by atoms with Gasteiger partial charge in [0.2, 0.25) is 0 Å². The Kier molecular flexibility index (Phi) is 5.98. The Bertz CT molecular complexity index is 142. The molecule has 1 atom stereocenters. The summed E-state index contributed by atoms with van der Waals surface area (Å²) in [6, 6.07) is 0. The first-order chi connectivity index (χ1) is 6.88. The van der Waals surface area contributed by atoms with Gasteiger partial charge in [0, 0.05) is 0 Å². The van der Waals surface area contributed by atoms with Gasteiger partial charge in [-0.3, -0.25) is 0 Å². The number of hydrogen-bond acceptors (Lipinski definition) is 0. The summed E-state index contributed by atoms with van der Waals surface area (Å²) in [5.74, 6) is 1.79. The molecule has 0 spiro atoms. The van der Waals surface area contributed by atoms with E-state index in [-0.39, 0.29) is 0 Å². The summed E-state index contributed by atoms with van der Waals surface area (Å²) < 4.78 is 0. The van der Waals surface area contributed by atoms with Crippen molar-refractivity contribution in [2.75, 3.05) is 0 Å². The van der Waals surface area contributed by atoms with Crippen LogP contribution in [0.4, 0.5) is 0 Å². The van der Waals surface area contributed by atoms with E-state index in [9.17, 15) is 0 Å². The van der Waals surface area contributed by atoms with Crippen molar-refractivity contribution in [2.45, 2.75) is 64.7 Å². The first-order valence-electron chi connectivity index (χ1n) is 6.51. The Labute approximate surface area is 89.8 Å². The molecule has 0 aromatic carbocycles. The summed E-state index contributed by atoms with van der Waals surface area (Å²) in [4.78, 5) is 0. The summed E-state index contributed by atoms with van der Waals surface area (Å²) >= 11 is 0. The van der Waals surface area contributed by atoms with Gasteiger partial charge >= 0.3 is 0 Å². The van der Waals surface area contributed by atoms with Gasteiger partial charge < -0.3 is 0 Å². The maximum absolute atomic E-state index is 4.01. The minimum Gasteiger partial charge on any atom is -0.103 e. The van der Waals surface area contributed by atoms with Crippen LogP contribution in [0.15, 0.2) is 12.7 Å². The molecule has 0 aliphatic heterocycles. The van der Waals surface area contributed by atoms with E-state index in [0.717, 1.165) is 11.8 Å². The molecule has 1 rings (SSSR count). The summed E-state index contributed by atoms with van der Waals surface area (Å²) in [6.45, 7) is 6.30. The summed E-state index contributed by atoms with van der Waals surface area (Å²) in [6.07, 6.45) is 15.1. The van der Waals surface area contributed by atoms with E-state index in [4.69, 9.17) is 0 Å². The quantitative estimate of drug-likeness (QED) is 0.414. The maximum atomic E-state index is 4.01. The average molecular weight is 194 g/mol. The van der Waals surface area contributed by atoms with E-state index in [0.29, 0.717) is 0 Å². The van der Waals surface area contributed by atoms with E-state index in [1.54, 1.807) is 0 Å². The standard InChI is InChI=1S/C14H26/c1-3-5-7-10-13(4-2)14-11-8-6-9-12-14/h4,13-14H,2-3,5-12H2,1H3. The molecule has 0 heteroatoms. The molecule has 0 aromatic rings. The van der Waals surface area contributed by atoms with Gasteiger partial charge in [0.05, 0.1) is 0 Å². The second-order valence-electron chi connectivity index (χ2n) is 4.79. The number of unbranched alkanes of at least 4 members (excludes halogenated alkanes) is 2. The fraction of sp³-hybridized carbons (Fsp3) is 0.857. The fourth-order valence-corrected chi connectivity index (χ4v) is 2.74. The Balaban J connectivity index is 2.24. The molecule has 0 amide bonds. The zero-order chi connectivity index (χ0) is 10.2. The van der Waals surface area contributed by atoms with E-state index >= 15 is 0 Å². The molecule has 1 fully saturated rings. The van der Waals surface area contributed by atoms with E-state index in [1.165, 1.54) is 57.8 Å². The van der Waals surface area contributed by atoms with Gasteiger partial charge in [0.25, 0.3) is 0 Å². The largest absolute Gasteiger partial charge is 0.103 e. The molecule has 0 heterocycles. The van der Waals surface area contributed by atoms with Gasteiger partial charge in [-0.05, 0) is 31.1 Å². The van der Waals surface area contributed by atoms with Crippen LogP contribution in [0.25, 0.3) is 0 Å². The van der Waals surface area contributed by atoms with Gasteiger partial charge in [0.1, 0.15) is 0 Å². The molecule has 1 saturated carbocycles. The third kappa shape index (κ3) is 3.86. The number of rotatable bonds is 6. The molecule has 14 heavy (non-hydrogen) atoms. The molecular weight excluding hydrogens is 168 g/mol. The lowest BCUT2D eigenvalue weighted by atomic mass is 9.78. The van der Waals surface area contributed by atoms with Gasteiger partial charge in [-0.15, -0.1) is 6.58 Å². The molecule has 1 aliphatic rings. The van der Waals surface area contributed by atoms with Gasteiger partial charge in [-0.2, -0.15) is 0 Å². The third-order valence-electron chi connectivity index (χ3n) is 3.70. The lowest BCUT2D eigenvalue weighted by molar-refractivity contribution is 0.271. The molecular formula is C14H26. The molecule has 1 aliphatic carbocycles. The van der Waals surface area contributed by atoms with E-state index < -0.39 is 0 Å². The van der Waals surface area contributed by atoms with Crippen molar-refractivity contribution in [3.63, 3.8) is 0 Å². The first-order valence-corrected chi connectivity index (χ1v) is 6.51. The van der Waals surface area contributed by atoms with Crippen molar-refractivity contribution in [3.05, 3.63) is 12.7 Å². The van der Waals surface area contributed by atoms with Crippen LogP contribution >= 0.6 is 0 Å². The van der Waals surface area contributed by atoms with Crippen LogP contribution in [0.2, 0.25) is 0 Å². The van der Waals surface area contributed by atoms with Crippen molar-refractivity contribution in [1.29, 1.82) is 0 Å². The minimum atomic E-state index is 0.821. The summed E-state index contributed by atoms with van der Waals surface area (Å²) in [7, 11) is 0. The van der Waals surface area contributed by atoms with Crippen molar-refractivity contribution < 1.29 is 0 Å². The van der Waals surface area contributed by atoms with Crippen molar-refractivity contribution in [1.82, 2.24) is 0 Å². The van der Waals surface area contributed by atoms with Crippen molar-refractivity contribution >= 4 is 0 Å². The lowest BCUT2D eigenvalue weighted by Crippen LogP contribution is -2.16. The molecule has 0 bridgehead atoms. The van der Waals surface area contributed by atoms with Crippen LogP contribution in [0, 0.1) is 11.8 Å². The highest BCUT2D eigenvalue weighted by Gasteiger charge is 2.20.